The van der Waals surface area contributed by atoms with Gasteiger partial charge in [-0.1, -0.05) is 12.2 Å². The average Bonchev–Trinajstić information content (AvgIpc) is 2.95. The van der Waals surface area contributed by atoms with E-state index in [1.165, 1.54) is 0 Å². The molecule has 19 heavy (non-hydrogen) atoms. The van der Waals surface area contributed by atoms with Crippen molar-refractivity contribution >= 4 is 22.9 Å². The molecule has 2 aromatic rings. The SMILES string of the molecule is Nc1nc(N)c2ncn([C@H]3CC=C[C@H]3CCO)c2n1. The molecule has 0 aromatic carbocycles. The number of nitrogen functional groups attached to an aromatic ring is 2. The van der Waals surface area contributed by atoms with E-state index in [0.29, 0.717) is 17.0 Å². The van der Waals surface area contributed by atoms with Crippen LogP contribution in [0.5, 0.6) is 0 Å². The number of nitrogens with zero attached hydrogens (tertiary/aromatic N) is 4. The summed E-state index contributed by atoms with van der Waals surface area (Å²) < 4.78 is 1.98. The minimum atomic E-state index is 0.149. The van der Waals surface area contributed by atoms with Gasteiger partial charge in [-0.3, -0.25) is 0 Å². The molecule has 0 amide bonds. The largest absolute Gasteiger partial charge is 0.396 e. The topological polar surface area (TPSA) is 116 Å². The quantitative estimate of drug-likeness (QED) is 0.692. The van der Waals surface area contributed by atoms with Crippen molar-refractivity contribution in [3.8, 4) is 0 Å². The van der Waals surface area contributed by atoms with Crippen molar-refractivity contribution in [3.05, 3.63) is 18.5 Å². The van der Waals surface area contributed by atoms with Gasteiger partial charge in [0, 0.05) is 18.6 Å². The number of imidazole rings is 1. The number of anilines is 2. The summed E-state index contributed by atoms with van der Waals surface area (Å²) >= 11 is 0. The van der Waals surface area contributed by atoms with Crippen molar-refractivity contribution in [3.63, 3.8) is 0 Å². The van der Waals surface area contributed by atoms with Crippen LogP contribution in [0.3, 0.4) is 0 Å². The van der Waals surface area contributed by atoms with E-state index in [9.17, 15) is 0 Å². The van der Waals surface area contributed by atoms with E-state index in [4.69, 9.17) is 16.6 Å². The second-order valence-electron chi connectivity index (χ2n) is 4.70. The number of nitrogens with two attached hydrogens (primary N) is 2. The van der Waals surface area contributed by atoms with Gasteiger partial charge in [0.1, 0.15) is 5.52 Å². The van der Waals surface area contributed by atoms with Crippen molar-refractivity contribution in [2.45, 2.75) is 18.9 Å². The highest BCUT2D eigenvalue weighted by Crippen LogP contribution is 2.34. The van der Waals surface area contributed by atoms with E-state index < -0.39 is 0 Å². The Morgan fingerprint density at radius 2 is 2.21 bits per heavy atom. The Bertz CT molecular complexity index is 634. The maximum atomic E-state index is 9.12. The first-order chi connectivity index (χ1) is 9.20. The monoisotopic (exact) mass is 260 g/mol. The highest BCUT2D eigenvalue weighted by molar-refractivity contribution is 5.82. The van der Waals surface area contributed by atoms with Gasteiger partial charge < -0.3 is 21.1 Å². The summed E-state index contributed by atoms with van der Waals surface area (Å²) in [6, 6.07) is 0.200. The first-order valence-corrected chi connectivity index (χ1v) is 6.23. The summed E-state index contributed by atoms with van der Waals surface area (Å²) in [4.78, 5) is 12.4. The zero-order valence-corrected chi connectivity index (χ0v) is 10.4. The van der Waals surface area contributed by atoms with Crippen LogP contribution in [0.4, 0.5) is 11.8 Å². The molecule has 0 saturated heterocycles. The van der Waals surface area contributed by atoms with Gasteiger partial charge in [-0.15, -0.1) is 0 Å². The Kier molecular flexibility index (Phi) is 2.83. The molecule has 0 bridgehead atoms. The number of rotatable bonds is 3. The van der Waals surface area contributed by atoms with E-state index in [1.807, 2.05) is 4.57 Å². The fourth-order valence-electron chi connectivity index (χ4n) is 2.65. The third-order valence-corrected chi connectivity index (χ3v) is 3.54. The van der Waals surface area contributed by atoms with Crippen LogP contribution in [0.2, 0.25) is 0 Å². The second kappa shape index (κ2) is 4.51. The molecule has 0 saturated carbocycles. The minimum absolute atomic E-state index is 0.149. The molecule has 100 valence electrons. The maximum Gasteiger partial charge on any atom is 0.224 e. The van der Waals surface area contributed by atoms with E-state index in [1.54, 1.807) is 6.33 Å². The zero-order valence-electron chi connectivity index (χ0n) is 10.4. The molecular formula is C12H16N6O. The van der Waals surface area contributed by atoms with E-state index in [2.05, 4.69) is 27.1 Å². The number of hydrogen-bond donors (Lipinski definition) is 3. The number of aliphatic hydroxyl groups is 1. The number of hydrogen-bond acceptors (Lipinski definition) is 6. The molecule has 2 heterocycles. The predicted octanol–water partition coefficient (Wildman–Crippen LogP) is 0.490. The Balaban J connectivity index is 2.06. The summed E-state index contributed by atoms with van der Waals surface area (Å²) in [6.45, 7) is 0.164. The number of allylic oxidation sites excluding steroid dienone is 2. The fraction of sp³-hybridized carbons (Fsp3) is 0.417. The molecule has 1 aliphatic rings. The lowest BCUT2D eigenvalue weighted by Crippen LogP contribution is -2.15. The molecule has 7 heteroatoms. The average molecular weight is 260 g/mol. The van der Waals surface area contributed by atoms with Crippen LogP contribution >= 0.6 is 0 Å². The molecule has 0 aliphatic heterocycles. The Labute approximate surface area is 110 Å². The molecule has 2 atom stereocenters. The maximum absolute atomic E-state index is 9.12. The minimum Gasteiger partial charge on any atom is -0.396 e. The van der Waals surface area contributed by atoms with Crippen LogP contribution in [0.25, 0.3) is 11.2 Å². The smallest absolute Gasteiger partial charge is 0.224 e. The Morgan fingerprint density at radius 1 is 1.37 bits per heavy atom. The van der Waals surface area contributed by atoms with Gasteiger partial charge >= 0.3 is 0 Å². The predicted molar refractivity (Wildman–Crippen MR) is 72.1 cm³/mol. The molecular weight excluding hydrogens is 244 g/mol. The van der Waals surface area contributed by atoms with Crippen molar-refractivity contribution in [1.82, 2.24) is 19.5 Å². The third kappa shape index (κ3) is 1.91. The van der Waals surface area contributed by atoms with Gasteiger partial charge in [0.25, 0.3) is 0 Å². The lowest BCUT2D eigenvalue weighted by molar-refractivity contribution is 0.250. The third-order valence-electron chi connectivity index (χ3n) is 3.54. The molecule has 5 N–H and O–H groups in total. The Hall–Kier alpha value is -2.15. The summed E-state index contributed by atoms with van der Waals surface area (Å²) in [6.07, 6.45) is 7.57. The van der Waals surface area contributed by atoms with Gasteiger partial charge in [0.15, 0.2) is 11.5 Å². The summed E-state index contributed by atoms with van der Waals surface area (Å²) in [5, 5.41) is 9.12. The van der Waals surface area contributed by atoms with Crippen LogP contribution in [-0.4, -0.2) is 31.2 Å². The molecule has 3 rings (SSSR count). The van der Waals surface area contributed by atoms with Crippen molar-refractivity contribution in [1.29, 1.82) is 0 Å². The summed E-state index contributed by atoms with van der Waals surface area (Å²) in [5.41, 5.74) is 12.7. The zero-order chi connectivity index (χ0) is 13.4. The molecule has 1 aliphatic carbocycles. The fourth-order valence-corrected chi connectivity index (χ4v) is 2.65. The highest BCUT2D eigenvalue weighted by Gasteiger charge is 2.26. The first-order valence-electron chi connectivity index (χ1n) is 6.23. The molecule has 2 aromatic heterocycles. The lowest BCUT2D eigenvalue weighted by Gasteiger charge is -2.20. The molecule has 0 radical (unpaired) electrons. The van der Waals surface area contributed by atoms with Crippen LogP contribution in [0.1, 0.15) is 18.9 Å². The van der Waals surface area contributed by atoms with Gasteiger partial charge in [-0.2, -0.15) is 9.97 Å². The van der Waals surface area contributed by atoms with E-state index >= 15 is 0 Å². The summed E-state index contributed by atoms with van der Waals surface area (Å²) in [5.74, 6) is 0.724. The number of fused-ring (bicyclic) bond motifs is 1. The van der Waals surface area contributed by atoms with Gasteiger partial charge in [-0.25, -0.2) is 4.98 Å². The number of aromatic nitrogens is 4. The Morgan fingerprint density at radius 3 is 3.00 bits per heavy atom. The standard InChI is InChI=1S/C12H16N6O/c13-10-9-11(17-12(14)16-10)18(6-15-9)8-3-1-2-7(8)4-5-19/h1-2,6-8,19H,3-5H2,(H4,13,14,16,17)/t7-,8-/m0/s1. The molecule has 0 fully saturated rings. The highest BCUT2D eigenvalue weighted by atomic mass is 16.3. The van der Waals surface area contributed by atoms with Crippen molar-refractivity contribution < 1.29 is 5.11 Å². The normalized spacial score (nSPS) is 22.4. The second-order valence-corrected chi connectivity index (χ2v) is 4.70. The molecule has 7 nitrogen and oxygen atoms in total. The van der Waals surface area contributed by atoms with Crippen LogP contribution < -0.4 is 11.5 Å². The molecule has 0 spiro atoms. The van der Waals surface area contributed by atoms with Gasteiger partial charge in [0.2, 0.25) is 5.95 Å². The van der Waals surface area contributed by atoms with Crippen LogP contribution in [0, 0.1) is 5.92 Å². The van der Waals surface area contributed by atoms with Crippen LogP contribution in [-0.2, 0) is 0 Å². The van der Waals surface area contributed by atoms with Crippen molar-refractivity contribution in [2.24, 2.45) is 5.92 Å². The summed E-state index contributed by atoms with van der Waals surface area (Å²) in [7, 11) is 0. The van der Waals surface area contributed by atoms with Gasteiger partial charge in [-0.05, 0) is 12.8 Å². The van der Waals surface area contributed by atoms with Crippen molar-refractivity contribution in [2.75, 3.05) is 18.1 Å². The van der Waals surface area contributed by atoms with Gasteiger partial charge in [0.05, 0.1) is 6.33 Å². The molecule has 0 unspecified atom stereocenters. The van der Waals surface area contributed by atoms with E-state index in [0.717, 1.165) is 12.8 Å². The van der Waals surface area contributed by atoms with Crippen LogP contribution in [0.15, 0.2) is 18.5 Å². The van der Waals surface area contributed by atoms with E-state index in [-0.39, 0.29) is 24.5 Å². The number of aliphatic hydroxyl groups excluding tert-OH is 1. The first kappa shape index (κ1) is 11.9. The lowest BCUT2D eigenvalue weighted by atomic mass is 10.00.